The lowest BCUT2D eigenvalue weighted by atomic mass is 10.5. The Labute approximate surface area is 78.5 Å². The van der Waals surface area contributed by atoms with E-state index in [-0.39, 0.29) is 12.6 Å². The van der Waals surface area contributed by atoms with Gasteiger partial charge in [0, 0.05) is 0 Å². The standard InChI is InChI=1S/C6H9N5O3/c1-2-14-5(13)3-4(12)8-6(9-7)11-10-3/h2,7H2,1H3,(H2,8,9,11,12). The molecule has 8 nitrogen and oxygen atoms in total. The van der Waals surface area contributed by atoms with Crippen molar-refractivity contribution in [2.75, 3.05) is 12.0 Å². The van der Waals surface area contributed by atoms with Crippen LogP contribution in [0.2, 0.25) is 0 Å². The summed E-state index contributed by atoms with van der Waals surface area (Å²) in [7, 11) is 0. The Morgan fingerprint density at radius 3 is 2.86 bits per heavy atom. The van der Waals surface area contributed by atoms with Gasteiger partial charge in [0.1, 0.15) is 0 Å². The van der Waals surface area contributed by atoms with E-state index in [0.717, 1.165) is 0 Å². The molecule has 0 aliphatic rings. The molecule has 1 aromatic heterocycles. The van der Waals surface area contributed by atoms with Crippen LogP contribution in [-0.4, -0.2) is 27.8 Å². The molecule has 0 bridgehead atoms. The molecule has 1 aromatic rings. The molecule has 0 aliphatic heterocycles. The van der Waals surface area contributed by atoms with Gasteiger partial charge in [-0.05, 0) is 6.92 Å². The molecule has 1 rings (SSSR count). The van der Waals surface area contributed by atoms with Crippen LogP contribution in [0.4, 0.5) is 5.95 Å². The second-order valence-electron chi connectivity index (χ2n) is 2.22. The molecule has 0 fully saturated rings. The quantitative estimate of drug-likeness (QED) is 0.311. The highest BCUT2D eigenvalue weighted by Crippen LogP contribution is 1.91. The van der Waals surface area contributed by atoms with Crippen molar-refractivity contribution in [1.82, 2.24) is 15.2 Å². The molecule has 8 heteroatoms. The van der Waals surface area contributed by atoms with E-state index in [9.17, 15) is 9.59 Å². The van der Waals surface area contributed by atoms with Crippen molar-refractivity contribution >= 4 is 11.9 Å². The molecule has 0 unspecified atom stereocenters. The Balaban J connectivity index is 3.00. The fourth-order valence-corrected chi connectivity index (χ4v) is 0.735. The highest BCUT2D eigenvalue weighted by molar-refractivity contribution is 5.86. The maximum absolute atomic E-state index is 11.2. The van der Waals surface area contributed by atoms with Crippen molar-refractivity contribution in [2.24, 2.45) is 5.84 Å². The minimum absolute atomic E-state index is 0.0250. The third kappa shape index (κ3) is 2.04. The largest absolute Gasteiger partial charge is 0.461 e. The number of nitrogens with two attached hydrogens (primary N) is 1. The number of H-pyrrole nitrogens is 1. The summed E-state index contributed by atoms with van der Waals surface area (Å²) in [5.74, 6) is 4.12. The Morgan fingerprint density at radius 1 is 1.64 bits per heavy atom. The zero-order valence-corrected chi connectivity index (χ0v) is 7.40. The van der Waals surface area contributed by atoms with Crippen molar-refractivity contribution in [3.63, 3.8) is 0 Å². The van der Waals surface area contributed by atoms with E-state index in [4.69, 9.17) is 5.84 Å². The minimum Gasteiger partial charge on any atom is -0.461 e. The number of carbonyl (C=O) groups is 1. The van der Waals surface area contributed by atoms with E-state index >= 15 is 0 Å². The zero-order chi connectivity index (χ0) is 10.6. The molecule has 0 radical (unpaired) electrons. The molecule has 0 saturated heterocycles. The first-order chi connectivity index (χ1) is 6.69. The lowest BCUT2D eigenvalue weighted by molar-refractivity contribution is 0.0515. The average molecular weight is 199 g/mol. The summed E-state index contributed by atoms with van der Waals surface area (Å²) in [6.45, 7) is 1.78. The Hall–Kier alpha value is -1.96. The van der Waals surface area contributed by atoms with E-state index in [1.54, 1.807) is 6.92 Å². The number of anilines is 1. The van der Waals surface area contributed by atoms with Crippen molar-refractivity contribution in [3.05, 3.63) is 16.0 Å². The highest BCUT2D eigenvalue weighted by atomic mass is 16.5. The number of aromatic nitrogens is 3. The normalized spacial score (nSPS) is 9.57. The molecule has 0 saturated carbocycles. The molecular weight excluding hydrogens is 190 g/mol. The predicted molar refractivity (Wildman–Crippen MR) is 46.4 cm³/mol. The number of esters is 1. The van der Waals surface area contributed by atoms with Gasteiger partial charge in [-0.3, -0.25) is 15.2 Å². The average Bonchev–Trinajstić information content (AvgIpc) is 2.17. The highest BCUT2D eigenvalue weighted by Gasteiger charge is 2.14. The summed E-state index contributed by atoms with van der Waals surface area (Å²) < 4.78 is 4.57. The van der Waals surface area contributed by atoms with Crippen LogP contribution in [0.1, 0.15) is 17.4 Å². The van der Waals surface area contributed by atoms with E-state index in [0.29, 0.717) is 0 Å². The Kier molecular flexibility index (Phi) is 3.13. The van der Waals surface area contributed by atoms with Gasteiger partial charge in [-0.1, -0.05) is 0 Å². The molecule has 1 heterocycles. The van der Waals surface area contributed by atoms with E-state index in [1.807, 2.05) is 0 Å². The lowest BCUT2D eigenvalue weighted by Crippen LogP contribution is -2.25. The van der Waals surface area contributed by atoms with Gasteiger partial charge in [0.25, 0.3) is 5.56 Å². The number of carbonyl (C=O) groups excluding carboxylic acids is 1. The van der Waals surface area contributed by atoms with Crippen LogP contribution in [0.3, 0.4) is 0 Å². The monoisotopic (exact) mass is 199 g/mol. The zero-order valence-electron chi connectivity index (χ0n) is 7.40. The molecule has 4 N–H and O–H groups in total. The van der Waals surface area contributed by atoms with Crippen LogP contribution in [0.15, 0.2) is 4.79 Å². The maximum atomic E-state index is 11.2. The van der Waals surface area contributed by atoms with Crippen LogP contribution in [0.5, 0.6) is 0 Å². The SMILES string of the molecule is CCOC(=O)c1nnc(NN)[nH]c1=O. The van der Waals surface area contributed by atoms with E-state index < -0.39 is 17.2 Å². The molecular formula is C6H9N5O3. The predicted octanol–water partition coefficient (Wildman–Crippen LogP) is -1.37. The smallest absolute Gasteiger partial charge is 0.364 e. The number of hydrazine groups is 1. The van der Waals surface area contributed by atoms with Crippen LogP contribution >= 0.6 is 0 Å². The number of rotatable bonds is 3. The molecule has 76 valence electrons. The van der Waals surface area contributed by atoms with Gasteiger partial charge >= 0.3 is 5.97 Å². The van der Waals surface area contributed by atoms with Crippen LogP contribution in [0.25, 0.3) is 0 Å². The fourth-order valence-electron chi connectivity index (χ4n) is 0.735. The van der Waals surface area contributed by atoms with E-state index in [2.05, 4.69) is 25.3 Å². The summed E-state index contributed by atoms with van der Waals surface area (Å²) in [5.41, 5.74) is 0.985. The third-order valence-corrected chi connectivity index (χ3v) is 1.30. The summed E-state index contributed by atoms with van der Waals surface area (Å²) in [4.78, 5) is 24.4. The van der Waals surface area contributed by atoms with Gasteiger partial charge in [0.05, 0.1) is 6.61 Å². The number of hydrogen-bond acceptors (Lipinski definition) is 7. The van der Waals surface area contributed by atoms with Gasteiger partial charge in [0.2, 0.25) is 11.6 Å². The number of aromatic amines is 1. The van der Waals surface area contributed by atoms with Gasteiger partial charge in [-0.15, -0.1) is 10.2 Å². The fraction of sp³-hybridized carbons (Fsp3) is 0.333. The minimum atomic E-state index is -0.815. The first-order valence-electron chi connectivity index (χ1n) is 3.79. The second kappa shape index (κ2) is 4.33. The van der Waals surface area contributed by atoms with Crippen LogP contribution < -0.4 is 16.8 Å². The van der Waals surface area contributed by atoms with Crippen molar-refractivity contribution in [2.45, 2.75) is 6.92 Å². The molecule has 0 amide bonds. The Morgan fingerprint density at radius 2 is 2.36 bits per heavy atom. The summed E-state index contributed by atoms with van der Waals surface area (Å²) in [6.07, 6.45) is 0. The first kappa shape index (κ1) is 10.1. The number of nitrogens with one attached hydrogen (secondary N) is 2. The van der Waals surface area contributed by atoms with Crippen LogP contribution in [0, 0.1) is 0 Å². The third-order valence-electron chi connectivity index (χ3n) is 1.30. The van der Waals surface area contributed by atoms with Crippen molar-refractivity contribution in [3.8, 4) is 0 Å². The van der Waals surface area contributed by atoms with Gasteiger partial charge in [-0.2, -0.15) is 0 Å². The lowest BCUT2D eigenvalue weighted by Gasteiger charge is -2.00. The summed E-state index contributed by atoms with van der Waals surface area (Å²) in [5, 5.41) is 6.78. The molecule has 0 atom stereocenters. The topological polar surface area (TPSA) is 123 Å². The maximum Gasteiger partial charge on any atom is 0.364 e. The summed E-state index contributed by atoms with van der Waals surface area (Å²) >= 11 is 0. The van der Waals surface area contributed by atoms with Crippen molar-refractivity contribution in [1.29, 1.82) is 0 Å². The van der Waals surface area contributed by atoms with Gasteiger partial charge in [0.15, 0.2) is 0 Å². The molecule has 0 aliphatic carbocycles. The number of ether oxygens (including phenoxy) is 1. The van der Waals surface area contributed by atoms with Gasteiger partial charge < -0.3 is 4.74 Å². The number of nitrogen functional groups attached to an aromatic ring is 1. The molecule has 0 aromatic carbocycles. The number of nitrogens with zero attached hydrogens (tertiary/aromatic N) is 2. The van der Waals surface area contributed by atoms with Crippen LogP contribution in [-0.2, 0) is 4.74 Å². The van der Waals surface area contributed by atoms with Crippen molar-refractivity contribution < 1.29 is 9.53 Å². The Bertz CT molecular complexity index is 387. The molecule has 0 spiro atoms. The second-order valence-corrected chi connectivity index (χ2v) is 2.22. The molecule has 14 heavy (non-hydrogen) atoms. The van der Waals surface area contributed by atoms with E-state index in [1.165, 1.54) is 0 Å². The van der Waals surface area contributed by atoms with Gasteiger partial charge in [-0.25, -0.2) is 10.6 Å². The summed E-state index contributed by atoms with van der Waals surface area (Å²) in [6, 6.07) is 0. The number of hydrogen-bond donors (Lipinski definition) is 3. The first-order valence-corrected chi connectivity index (χ1v) is 3.79.